The number of carbonyl (C=O) groups is 2. The lowest BCUT2D eigenvalue weighted by Gasteiger charge is -2.12. The summed E-state index contributed by atoms with van der Waals surface area (Å²) in [5.74, 6) is -0.346. The first-order valence-electron chi connectivity index (χ1n) is 9.34. The van der Waals surface area contributed by atoms with E-state index < -0.39 is 0 Å². The molecule has 0 unspecified atom stereocenters. The molecule has 27 heavy (non-hydrogen) atoms. The lowest BCUT2D eigenvalue weighted by molar-refractivity contribution is -0.144. The number of carbonyl (C=O) groups excluding carboxylic acids is 2. The van der Waals surface area contributed by atoms with Gasteiger partial charge in [0.25, 0.3) is 0 Å². The van der Waals surface area contributed by atoms with Crippen molar-refractivity contribution in [1.82, 2.24) is 0 Å². The monoisotopic (exact) mass is 368 g/mol. The summed E-state index contributed by atoms with van der Waals surface area (Å²) in [6.45, 7) is 1.58. The summed E-state index contributed by atoms with van der Waals surface area (Å²) in [5.41, 5.74) is 1.96. The zero-order chi connectivity index (χ0) is 19.4. The van der Waals surface area contributed by atoms with Gasteiger partial charge >= 0.3 is 5.97 Å². The molecule has 5 nitrogen and oxygen atoms in total. The summed E-state index contributed by atoms with van der Waals surface area (Å²) in [5, 5.41) is 20.3. The molecule has 142 valence electrons. The Morgan fingerprint density at radius 3 is 2.44 bits per heavy atom. The van der Waals surface area contributed by atoms with E-state index in [0.29, 0.717) is 17.0 Å². The van der Waals surface area contributed by atoms with E-state index in [1.807, 2.05) is 6.07 Å². The van der Waals surface area contributed by atoms with Crippen LogP contribution in [0, 0.1) is 0 Å². The van der Waals surface area contributed by atoms with Crippen LogP contribution in [0.15, 0.2) is 36.4 Å². The number of benzene rings is 2. The molecule has 0 radical (unpaired) electrons. The number of ketones is 1. The average molecular weight is 368 g/mol. The molecule has 0 aliphatic heterocycles. The zero-order valence-corrected chi connectivity index (χ0v) is 15.4. The van der Waals surface area contributed by atoms with Gasteiger partial charge < -0.3 is 14.9 Å². The van der Waals surface area contributed by atoms with Gasteiger partial charge in [-0.25, -0.2) is 0 Å². The van der Waals surface area contributed by atoms with Crippen molar-refractivity contribution in [2.75, 3.05) is 0 Å². The summed E-state index contributed by atoms with van der Waals surface area (Å²) in [6, 6.07) is 9.64. The van der Waals surface area contributed by atoms with Crippen LogP contribution in [-0.2, 0) is 16.1 Å². The predicted octanol–water partition coefficient (Wildman–Crippen LogP) is 4.44. The fourth-order valence-corrected chi connectivity index (χ4v) is 3.51. The van der Waals surface area contributed by atoms with Crippen LogP contribution in [-0.4, -0.2) is 22.0 Å². The second-order valence-corrected chi connectivity index (χ2v) is 6.94. The molecule has 0 heterocycles. The Balaban J connectivity index is 1.81. The summed E-state index contributed by atoms with van der Waals surface area (Å²) >= 11 is 0. The van der Waals surface area contributed by atoms with Crippen molar-refractivity contribution in [3.63, 3.8) is 0 Å². The second kappa shape index (κ2) is 8.25. The molecule has 3 rings (SSSR count). The Hall–Kier alpha value is -2.82. The molecular formula is C22H24O5. The third-order valence-electron chi connectivity index (χ3n) is 5.11. The van der Waals surface area contributed by atoms with Crippen molar-refractivity contribution in [2.24, 2.45) is 0 Å². The first kappa shape index (κ1) is 19.0. The van der Waals surface area contributed by atoms with Crippen LogP contribution in [0.4, 0.5) is 0 Å². The Morgan fingerprint density at radius 1 is 1.04 bits per heavy atom. The molecule has 5 heteroatoms. The molecule has 0 amide bonds. The number of esters is 1. The highest BCUT2D eigenvalue weighted by atomic mass is 16.5. The van der Waals surface area contributed by atoms with Gasteiger partial charge in [0.2, 0.25) is 0 Å². The number of hydrogen-bond acceptors (Lipinski definition) is 5. The number of hydrogen-bond donors (Lipinski definition) is 2. The number of phenols is 2. The maximum atomic E-state index is 12.8. The first-order valence-corrected chi connectivity index (χ1v) is 9.34. The van der Waals surface area contributed by atoms with Crippen LogP contribution >= 0.6 is 0 Å². The fraction of sp³-hybridized carbons (Fsp3) is 0.364. The summed E-state index contributed by atoms with van der Waals surface area (Å²) in [4.78, 5) is 24.1. The van der Waals surface area contributed by atoms with Gasteiger partial charge in [0, 0.05) is 17.5 Å². The van der Waals surface area contributed by atoms with E-state index in [1.54, 1.807) is 19.1 Å². The first-order chi connectivity index (χ1) is 13.0. The van der Waals surface area contributed by atoms with Crippen molar-refractivity contribution in [3.8, 4) is 11.5 Å². The highest BCUT2D eigenvalue weighted by Gasteiger charge is 2.21. The minimum absolute atomic E-state index is 0.0311. The van der Waals surface area contributed by atoms with E-state index in [0.717, 1.165) is 18.4 Å². The summed E-state index contributed by atoms with van der Waals surface area (Å²) in [6.07, 6.45) is 4.87. The van der Waals surface area contributed by atoms with Crippen LogP contribution in [0.3, 0.4) is 0 Å². The van der Waals surface area contributed by atoms with Crippen LogP contribution < -0.4 is 0 Å². The van der Waals surface area contributed by atoms with Crippen molar-refractivity contribution in [2.45, 2.75) is 51.6 Å². The van der Waals surface area contributed by atoms with Crippen LogP contribution in [0.2, 0.25) is 0 Å². The highest BCUT2D eigenvalue weighted by Crippen LogP contribution is 2.36. The van der Waals surface area contributed by atoms with E-state index in [2.05, 4.69) is 0 Å². The molecule has 0 atom stereocenters. The third-order valence-corrected chi connectivity index (χ3v) is 5.11. The van der Waals surface area contributed by atoms with E-state index >= 15 is 0 Å². The second-order valence-electron chi connectivity index (χ2n) is 6.94. The molecule has 0 aromatic heterocycles. The van der Waals surface area contributed by atoms with Crippen molar-refractivity contribution in [1.29, 1.82) is 0 Å². The standard InChI is InChI=1S/C22H24O5/c1-2-21(25)27-13-17-11-16(8-10-19(17)23)22(26)18-9-7-15(12-20(18)24)14-5-3-4-6-14/h7-12,14,23-24H,2-6,13H2,1H3. The molecular weight excluding hydrogens is 344 g/mol. The minimum atomic E-state index is -0.383. The fourth-order valence-electron chi connectivity index (χ4n) is 3.51. The zero-order valence-electron chi connectivity index (χ0n) is 15.4. The van der Waals surface area contributed by atoms with E-state index in [-0.39, 0.29) is 41.8 Å². The van der Waals surface area contributed by atoms with Gasteiger partial charge in [-0.2, -0.15) is 0 Å². The maximum absolute atomic E-state index is 12.8. The van der Waals surface area contributed by atoms with Gasteiger partial charge in [-0.05, 0) is 54.7 Å². The number of ether oxygens (including phenoxy) is 1. The number of rotatable bonds is 6. The van der Waals surface area contributed by atoms with E-state index in [4.69, 9.17) is 4.74 Å². The Kier molecular flexibility index (Phi) is 5.79. The van der Waals surface area contributed by atoms with Crippen molar-refractivity contribution >= 4 is 11.8 Å². The smallest absolute Gasteiger partial charge is 0.305 e. The van der Waals surface area contributed by atoms with Crippen LogP contribution in [0.25, 0.3) is 0 Å². The summed E-state index contributed by atoms with van der Waals surface area (Å²) in [7, 11) is 0. The van der Waals surface area contributed by atoms with Crippen LogP contribution in [0.5, 0.6) is 11.5 Å². The lowest BCUT2D eigenvalue weighted by atomic mass is 9.93. The Labute approximate surface area is 158 Å². The third kappa shape index (κ3) is 4.30. The SMILES string of the molecule is CCC(=O)OCc1cc(C(=O)c2ccc(C3CCCC3)cc2O)ccc1O. The normalized spacial score (nSPS) is 14.3. The largest absolute Gasteiger partial charge is 0.508 e. The highest BCUT2D eigenvalue weighted by molar-refractivity contribution is 6.10. The molecule has 1 aliphatic rings. The number of phenolic OH excluding ortho intramolecular Hbond substituents is 2. The predicted molar refractivity (Wildman–Crippen MR) is 101 cm³/mol. The van der Waals surface area contributed by atoms with Crippen LogP contribution in [0.1, 0.15) is 72.0 Å². The average Bonchev–Trinajstić information content (AvgIpc) is 3.21. The molecule has 0 bridgehead atoms. The van der Waals surface area contributed by atoms with Gasteiger partial charge in [0.05, 0.1) is 5.56 Å². The van der Waals surface area contributed by atoms with Gasteiger partial charge in [-0.15, -0.1) is 0 Å². The lowest BCUT2D eigenvalue weighted by Crippen LogP contribution is -2.06. The molecule has 2 aromatic carbocycles. The molecule has 1 aliphatic carbocycles. The van der Waals surface area contributed by atoms with Gasteiger partial charge in [0.1, 0.15) is 18.1 Å². The van der Waals surface area contributed by atoms with Gasteiger partial charge in [0.15, 0.2) is 5.78 Å². The van der Waals surface area contributed by atoms with Gasteiger partial charge in [-0.3, -0.25) is 9.59 Å². The molecule has 2 N–H and O–H groups in total. The van der Waals surface area contributed by atoms with Crippen molar-refractivity contribution < 1.29 is 24.5 Å². The summed E-state index contributed by atoms with van der Waals surface area (Å²) < 4.78 is 5.04. The maximum Gasteiger partial charge on any atom is 0.305 e. The number of aromatic hydroxyl groups is 2. The molecule has 0 saturated heterocycles. The topological polar surface area (TPSA) is 83.8 Å². The molecule has 0 spiro atoms. The minimum Gasteiger partial charge on any atom is -0.508 e. The van der Waals surface area contributed by atoms with Crippen molar-refractivity contribution in [3.05, 3.63) is 58.7 Å². The van der Waals surface area contributed by atoms with Gasteiger partial charge in [-0.1, -0.05) is 25.8 Å². The van der Waals surface area contributed by atoms with E-state index in [1.165, 1.54) is 31.0 Å². The Morgan fingerprint density at radius 2 is 1.78 bits per heavy atom. The molecule has 1 fully saturated rings. The van der Waals surface area contributed by atoms with E-state index in [9.17, 15) is 19.8 Å². The molecule has 1 saturated carbocycles. The molecule has 2 aromatic rings. The quantitative estimate of drug-likeness (QED) is 0.582. The Bertz CT molecular complexity index is 850.